The average molecular weight is 282 g/mol. The molecule has 1 N–H and O–H groups in total. The SMILES string of the molecule is CCCC(CCc1ccc(-c2ccccc2)cc1)C(=O)O. The van der Waals surface area contributed by atoms with E-state index in [1.807, 2.05) is 25.1 Å². The van der Waals surface area contributed by atoms with Gasteiger partial charge in [-0.15, -0.1) is 0 Å². The zero-order valence-electron chi connectivity index (χ0n) is 12.5. The Labute approximate surface area is 126 Å². The second kappa shape index (κ2) is 7.63. The van der Waals surface area contributed by atoms with E-state index >= 15 is 0 Å². The van der Waals surface area contributed by atoms with E-state index in [4.69, 9.17) is 0 Å². The zero-order chi connectivity index (χ0) is 15.1. The number of aliphatic carboxylic acids is 1. The largest absolute Gasteiger partial charge is 0.481 e. The van der Waals surface area contributed by atoms with Gasteiger partial charge in [0.1, 0.15) is 0 Å². The normalized spacial score (nSPS) is 12.0. The Bertz CT molecular complexity index is 558. The van der Waals surface area contributed by atoms with Gasteiger partial charge in [0.25, 0.3) is 0 Å². The van der Waals surface area contributed by atoms with Crippen molar-refractivity contribution in [3.63, 3.8) is 0 Å². The molecule has 1 unspecified atom stereocenters. The van der Waals surface area contributed by atoms with Crippen LogP contribution in [0.1, 0.15) is 31.7 Å². The van der Waals surface area contributed by atoms with Gasteiger partial charge in [0.15, 0.2) is 0 Å². The summed E-state index contributed by atoms with van der Waals surface area (Å²) in [5, 5.41) is 9.18. The molecular formula is C19H22O2. The van der Waals surface area contributed by atoms with Gasteiger partial charge in [-0.1, -0.05) is 67.9 Å². The summed E-state index contributed by atoms with van der Waals surface area (Å²) in [6.45, 7) is 2.03. The standard InChI is InChI=1S/C19H22O2/c1-2-6-18(19(20)21)14-11-15-9-12-17(13-10-15)16-7-4-3-5-8-16/h3-5,7-10,12-13,18H,2,6,11,14H2,1H3,(H,20,21). The summed E-state index contributed by atoms with van der Waals surface area (Å²) < 4.78 is 0. The molecule has 110 valence electrons. The maximum absolute atomic E-state index is 11.1. The molecule has 0 heterocycles. The molecule has 0 radical (unpaired) electrons. The second-order valence-corrected chi connectivity index (χ2v) is 5.43. The molecule has 2 heteroatoms. The maximum Gasteiger partial charge on any atom is 0.306 e. The smallest absolute Gasteiger partial charge is 0.306 e. The molecule has 0 aliphatic carbocycles. The van der Waals surface area contributed by atoms with Crippen LogP contribution in [0.2, 0.25) is 0 Å². The Morgan fingerprint density at radius 1 is 0.952 bits per heavy atom. The van der Waals surface area contributed by atoms with Crippen LogP contribution in [0.3, 0.4) is 0 Å². The van der Waals surface area contributed by atoms with E-state index in [2.05, 4.69) is 36.4 Å². The molecule has 2 nitrogen and oxygen atoms in total. The van der Waals surface area contributed by atoms with Gasteiger partial charge in [-0.25, -0.2) is 0 Å². The fourth-order valence-electron chi connectivity index (χ4n) is 2.58. The Morgan fingerprint density at radius 2 is 1.57 bits per heavy atom. The first-order valence-corrected chi connectivity index (χ1v) is 7.58. The lowest BCUT2D eigenvalue weighted by Gasteiger charge is -2.11. The molecule has 0 amide bonds. The van der Waals surface area contributed by atoms with Gasteiger partial charge in [0, 0.05) is 0 Å². The quantitative estimate of drug-likeness (QED) is 0.793. The molecule has 0 spiro atoms. The van der Waals surface area contributed by atoms with Crippen LogP contribution in [0.5, 0.6) is 0 Å². The lowest BCUT2D eigenvalue weighted by Crippen LogP contribution is -2.14. The Hall–Kier alpha value is -2.09. The van der Waals surface area contributed by atoms with E-state index in [1.54, 1.807) is 0 Å². The lowest BCUT2D eigenvalue weighted by molar-refractivity contribution is -0.142. The molecule has 0 saturated heterocycles. The minimum absolute atomic E-state index is 0.219. The van der Waals surface area contributed by atoms with Gasteiger partial charge >= 0.3 is 5.97 Å². The van der Waals surface area contributed by atoms with Crippen LogP contribution in [0, 0.1) is 5.92 Å². The van der Waals surface area contributed by atoms with E-state index < -0.39 is 5.97 Å². The van der Waals surface area contributed by atoms with Crippen molar-refractivity contribution in [1.82, 2.24) is 0 Å². The van der Waals surface area contributed by atoms with Gasteiger partial charge in [0.05, 0.1) is 5.92 Å². The molecule has 21 heavy (non-hydrogen) atoms. The second-order valence-electron chi connectivity index (χ2n) is 5.43. The molecule has 0 aliphatic rings. The third kappa shape index (κ3) is 4.45. The summed E-state index contributed by atoms with van der Waals surface area (Å²) in [4.78, 5) is 11.1. The molecule has 0 fully saturated rings. The first-order chi connectivity index (χ1) is 10.2. The fourth-order valence-corrected chi connectivity index (χ4v) is 2.58. The van der Waals surface area contributed by atoms with Gasteiger partial charge in [-0.3, -0.25) is 4.79 Å². The first-order valence-electron chi connectivity index (χ1n) is 7.58. The van der Waals surface area contributed by atoms with E-state index in [0.29, 0.717) is 6.42 Å². The number of carboxylic acid groups (broad SMARTS) is 1. The summed E-state index contributed by atoms with van der Waals surface area (Å²) in [5.74, 6) is -0.887. The molecule has 2 aromatic rings. The molecule has 0 bridgehead atoms. The lowest BCUT2D eigenvalue weighted by atomic mass is 9.94. The third-order valence-corrected chi connectivity index (χ3v) is 3.83. The Morgan fingerprint density at radius 3 is 2.14 bits per heavy atom. The van der Waals surface area contributed by atoms with Crippen LogP contribution < -0.4 is 0 Å². The van der Waals surface area contributed by atoms with Crippen LogP contribution in [0.4, 0.5) is 0 Å². The van der Waals surface area contributed by atoms with E-state index in [9.17, 15) is 9.90 Å². The summed E-state index contributed by atoms with van der Waals surface area (Å²) in [6, 6.07) is 18.7. The van der Waals surface area contributed by atoms with E-state index in [1.165, 1.54) is 16.7 Å². The predicted molar refractivity (Wildman–Crippen MR) is 86.2 cm³/mol. The predicted octanol–water partition coefficient (Wildman–Crippen LogP) is 4.79. The minimum atomic E-state index is -0.669. The Balaban J connectivity index is 1.98. The number of benzene rings is 2. The number of hydrogen-bond acceptors (Lipinski definition) is 1. The molecule has 0 aliphatic heterocycles. The van der Waals surface area contributed by atoms with Crippen molar-refractivity contribution in [2.24, 2.45) is 5.92 Å². The molecule has 2 rings (SSSR count). The van der Waals surface area contributed by atoms with Crippen LogP contribution in [0.25, 0.3) is 11.1 Å². The highest BCUT2D eigenvalue weighted by Crippen LogP contribution is 2.21. The molecule has 2 aromatic carbocycles. The highest BCUT2D eigenvalue weighted by atomic mass is 16.4. The van der Waals surface area contributed by atoms with Gasteiger partial charge in [-0.2, -0.15) is 0 Å². The molecule has 0 aromatic heterocycles. The average Bonchev–Trinajstić information content (AvgIpc) is 2.52. The number of hydrogen-bond donors (Lipinski definition) is 1. The van der Waals surface area contributed by atoms with Gasteiger partial charge < -0.3 is 5.11 Å². The van der Waals surface area contributed by atoms with E-state index in [0.717, 1.165) is 19.3 Å². The van der Waals surface area contributed by atoms with Crippen molar-refractivity contribution < 1.29 is 9.90 Å². The maximum atomic E-state index is 11.1. The van der Waals surface area contributed by atoms with Gasteiger partial charge in [-0.05, 0) is 36.0 Å². The van der Waals surface area contributed by atoms with Crippen molar-refractivity contribution >= 4 is 5.97 Å². The third-order valence-electron chi connectivity index (χ3n) is 3.83. The minimum Gasteiger partial charge on any atom is -0.481 e. The highest BCUT2D eigenvalue weighted by Gasteiger charge is 2.15. The van der Waals surface area contributed by atoms with Crippen molar-refractivity contribution in [3.8, 4) is 11.1 Å². The van der Waals surface area contributed by atoms with Crippen LogP contribution >= 0.6 is 0 Å². The molecular weight excluding hydrogens is 260 g/mol. The van der Waals surface area contributed by atoms with Crippen LogP contribution in [0.15, 0.2) is 54.6 Å². The monoisotopic (exact) mass is 282 g/mol. The van der Waals surface area contributed by atoms with Crippen molar-refractivity contribution in [3.05, 3.63) is 60.2 Å². The summed E-state index contributed by atoms with van der Waals surface area (Å²) in [5.41, 5.74) is 3.61. The molecule has 1 atom stereocenters. The zero-order valence-corrected chi connectivity index (χ0v) is 12.5. The number of carbonyl (C=O) groups is 1. The topological polar surface area (TPSA) is 37.3 Å². The number of rotatable bonds is 7. The van der Waals surface area contributed by atoms with Crippen molar-refractivity contribution in [2.45, 2.75) is 32.6 Å². The van der Waals surface area contributed by atoms with Crippen LogP contribution in [-0.2, 0) is 11.2 Å². The highest BCUT2D eigenvalue weighted by molar-refractivity contribution is 5.70. The van der Waals surface area contributed by atoms with E-state index in [-0.39, 0.29) is 5.92 Å². The summed E-state index contributed by atoms with van der Waals surface area (Å²) in [6.07, 6.45) is 3.22. The fraction of sp³-hybridized carbons (Fsp3) is 0.316. The first kappa shape index (κ1) is 15.3. The van der Waals surface area contributed by atoms with Gasteiger partial charge in [0.2, 0.25) is 0 Å². The molecule has 0 saturated carbocycles. The number of aryl methyl sites for hydroxylation is 1. The summed E-state index contributed by atoms with van der Waals surface area (Å²) in [7, 11) is 0. The van der Waals surface area contributed by atoms with Crippen LogP contribution in [-0.4, -0.2) is 11.1 Å². The van der Waals surface area contributed by atoms with Crippen molar-refractivity contribution in [1.29, 1.82) is 0 Å². The number of carboxylic acids is 1. The Kier molecular flexibility index (Phi) is 5.56. The van der Waals surface area contributed by atoms with Crippen molar-refractivity contribution in [2.75, 3.05) is 0 Å². The summed E-state index contributed by atoms with van der Waals surface area (Å²) >= 11 is 0.